The summed E-state index contributed by atoms with van der Waals surface area (Å²) in [5.41, 5.74) is 6.05. The van der Waals surface area contributed by atoms with Crippen molar-refractivity contribution in [2.24, 2.45) is 17.6 Å². The lowest BCUT2D eigenvalue weighted by Crippen LogP contribution is -2.50. The van der Waals surface area contributed by atoms with Crippen LogP contribution < -0.4 is 5.73 Å². The molecule has 0 spiro atoms. The molecule has 0 bridgehead atoms. The Morgan fingerprint density at radius 3 is 1.89 bits per heavy atom. The van der Waals surface area contributed by atoms with Crippen LogP contribution in [0.4, 0.5) is 0 Å². The first-order valence-corrected chi connectivity index (χ1v) is 7.39. The quantitative estimate of drug-likeness (QED) is 0.725. The lowest BCUT2D eigenvalue weighted by Gasteiger charge is -2.34. The molecule has 1 amide bonds. The minimum absolute atomic E-state index is 0.131. The Morgan fingerprint density at radius 2 is 1.56 bits per heavy atom. The molecule has 0 aliphatic rings. The fourth-order valence-electron chi connectivity index (χ4n) is 2.36. The Kier molecular flexibility index (Phi) is 8.25. The van der Waals surface area contributed by atoms with Gasteiger partial charge in [-0.2, -0.15) is 0 Å². The number of rotatable bonds is 8. The molecular weight excluding hydrogens is 224 g/mol. The van der Waals surface area contributed by atoms with Gasteiger partial charge in [0, 0.05) is 12.6 Å². The topological polar surface area (TPSA) is 46.3 Å². The molecule has 3 nitrogen and oxygen atoms in total. The van der Waals surface area contributed by atoms with Gasteiger partial charge in [0.15, 0.2) is 0 Å². The van der Waals surface area contributed by atoms with Gasteiger partial charge < -0.3 is 10.6 Å². The number of nitrogens with two attached hydrogens (primary N) is 1. The van der Waals surface area contributed by atoms with Crippen molar-refractivity contribution in [2.45, 2.75) is 72.9 Å². The highest BCUT2D eigenvalue weighted by atomic mass is 16.2. The van der Waals surface area contributed by atoms with Gasteiger partial charge in [0.2, 0.25) is 5.91 Å². The average Bonchev–Trinajstić information content (AvgIpc) is 2.26. The number of amides is 1. The summed E-state index contributed by atoms with van der Waals surface area (Å²) < 4.78 is 0. The van der Waals surface area contributed by atoms with E-state index < -0.39 is 0 Å². The monoisotopic (exact) mass is 256 g/mol. The number of hydrogen-bond donors (Lipinski definition) is 1. The predicted molar refractivity (Wildman–Crippen MR) is 78.4 cm³/mol. The first-order valence-electron chi connectivity index (χ1n) is 7.39. The van der Waals surface area contributed by atoms with E-state index in [1.54, 1.807) is 0 Å². The second-order valence-electron chi connectivity index (χ2n) is 6.09. The molecule has 0 saturated heterocycles. The molecule has 2 N–H and O–H groups in total. The Balaban J connectivity index is 4.77. The fourth-order valence-corrected chi connectivity index (χ4v) is 2.36. The number of carbonyl (C=O) groups is 1. The molecule has 0 aromatic heterocycles. The lowest BCUT2D eigenvalue weighted by atomic mass is 10.0. The largest absolute Gasteiger partial charge is 0.338 e. The molecule has 0 fully saturated rings. The van der Waals surface area contributed by atoms with Crippen LogP contribution in [0.2, 0.25) is 0 Å². The van der Waals surface area contributed by atoms with Crippen LogP contribution in [0.15, 0.2) is 0 Å². The van der Waals surface area contributed by atoms with E-state index in [2.05, 4.69) is 41.5 Å². The third-order valence-electron chi connectivity index (χ3n) is 3.27. The molecule has 18 heavy (non-hydrogen) atoms. The van der Waals surface area contributed by atoms with E-state index >= 15 is 0 Å². The van der Waals surface area contributed by atoms with Crippen molar-refractivity contribution in [1.82, 2.24) is 4.90 Å². The van der Waals surface area contributed by atoms with Crippen molar-refractivity contribution >= 4 is 5.91 Å². The summed E-state index contributed by atoms with van der Waals surface area (Å²) in [6, 6.07) is -0.0116. The van der Waals surface area contributed by atoms with Gasteiger partial charge in [-0.15, -0.1) is 0 Å². The second-order valence-corrected chi connectivity index (χ2v) is 6.09. The van der Waals surface area contributed by atoms with Crippen LogP contribution in [0.3, 0.4) is 0 Å². The number of carbonyl (C=O) groups excluding carboxylic acids is 1. The van der Waals surface area contributed by atoms with Crippen LogP contribution in [0.5, 0.6) is 0 Å². The number of nitrogens with zero attached hydrogens (tertiary/aromatic N) is 1. The zero-order valence-corrected chi connectivity index (χ0v) is 13.1. The Morgan fingerprint density at radius 1 is 1.06 bits per heavy atom. The average molecular weight is 256 g/mol. The van der Waals surface area contributed by atoms with Gasteiger partial charge >= 0.3 is 0 Å². The number of hydrogen-bond acceptors (Lipinski definition) is 2. The van der Waals surface area contributed by atoms with Crippen molar-refractivity contribution in [1.29, 1.82) is 0 Å². The van der Waals surface area contributed by atoms with E-state index in [1.165, 1.54) is 0 Å². The van der Waals surface area contributed by atoms with E-state index in [-0.39, 0.29) is 11.9 Å². The van der Waals surface area contributed by atoms with Crippen molar-refractivity contribution in [3.8, 4) is 0 Å². The maximum atomic E-state index is 12.5. The van der Waals surface area contributed by atoms with Crippen LogP contribution >= 0.6 is 0 Å². The first-order chi connectivity index (χ1) is 8.33. The maximum absolute atomic E-state index is 12.5. The summed E-state index contributed by atoms with van der Waals surface area (Å²) >= 11 is 0. The zero-order valence-electron chi connectivity index (χ0n) is 13.1. The summed E-state index contributed by atoms with van der Waals surface area (Å²) in [5, 5.41) is 0. The van der Waals surface area contributed by atoms with E-state index in [0.717, 1.165) is 25.8 Å². The van der Waals surface area contributed by atoms with Crippen LogP contribution in [-0.4, -0.2) is 29.4 Å². The van der Waals surface area contributed by atoms with Gasteiger partial charge in [0.1, 0.15) is 0 Å². The molecule has 0 unspecified atom stereocenters. The summed E-state index contributed by atoms with van der Waals surface area (Å²) in [5.74, 6) is 1.08. The van der Waals surface area contributed by atoms with Crippen molar-refractivity contribution in [2.75, 3.05) is 6.54 Å². The highest BCUT2D eigenvalue weighted by Crippen LogP contribution is 2.15. The van der Waals surface area contributed by atoms with Gasteiger partial charge in [-0.25, -0.2) is 0 Å². The second kappa shape index (κ2) is 8.52. The Labute approximate surface area is 113 Å². The molecule has 0 aliphatic carbocycles. The van der Waals surface area contributed by atoms with Crippen molar-refractivity contribution < 1.29 is 4.79 Å². The molecule has 1 atom stereocenters. The molecule has 3 heteroatoms. The third-order valence-corrected chi connectivity index (χ3v) is 3.27. The minimum atomic E-state index is -0.343. The SMILES string of the molecule is CCC(CC)N(CC(C)C)C(=O)[C@H](N)CC(C)C. The van der Waals surface area contributed by atoms with E-state index in [9.17, 15) is 4.79 Å². The molecule has 0 heterocycles. The summed E-state index contributed by atoms with van der Waals surface area (Å²) in [6.45, 7) is 13.6. The first kappa shape index (κ1) is 17.4. The van der Waals surface area contributed by atoms with Crippen molar-refractivity contribution in [3.63, 3.8) is 0 Å². The summed E-state index contributed by atoms with van der Waals surface area (Å²) in [4.78, 5) is 14.5. The van der Waals surface area contributed by atoms with Gasteiger partial charge in [-0.1, -0.05) is 41.5 Å². The van der Waals surface area contributed by atoms with E-state index in [0.29, 0.717) is 17.9 Å². The van der Waals surface area contributed by atoms with Gasteiger partial charge in [-0.05, 0) is 31.1 Å². The minimum Gasteiger partial charge on any atom is -0.338 e. The fraction of sp³-hybridized carbons (Fsp3) is 0.933. The molecule has 0 radical (unpaired) electrons. The van der Waals surface area contributed by atoms with Gasteiger partial charge in [0.25, 0.3) is 0 Å². The molecular formula is C15H32N2O. The highest BCUT2D eigenvalue weighted by molar-refractivity contribution is 5.82. The summed E-state index contributed by atoms with van der Waals surface area (Å²) in [6.07, 6.45) is 2.78. The lowest BCUT2D eigenvalue weighted by molar-refractivity contribution is -0.136. The molecule has 108 valence electrons. The molecule has 0 aromatic carbocycles. The Hall–Kier alpha value is -0.570. The standard InChI is InChI=1S/C15H32N2O/c1-7-13(8-2)17(10-12(5)6)15(18)14(16)9-11(3)4/h11-14H,7-10,16H2,1-6H3/t14-/m1/s1. The van der Waals surface area contributed by atoms with E-state index in [1.807, 2.05) is 4.90 Å². The van der Waals surface area contributed by atoms with Crippen LogP contribution in [0.1, 0.15) is 60.8 Å². The summed E-state index contributed by atoms with van der Waals surface area (Å²) in [7, 11) is 0. The third kappa shape index (κ3) is 5.85. The van der Waals surface area contributed by atoms with Gasteiger partial charge in [0.05, 0.1) is 6.04 Å². The van der Waals surface area contributed by atoms with Crippen molar-refractivity contribution in [3.05, 3.63) is 0 Å². The Bertz CT molecular complexity index is 235. The van der Waals surface area contributed by atoms with Crippen LogP contribution in [0, 0.1) is 11.8 Å². The predicted octanol–water partition coefficient (Wildman–Crippen LogP) is 3.03. The zero-order chi connectivity index (χ0) is 14.3. The van der Waals surface area contributed by atoms with E-state index in [4.69, 9.17) is 5.73 Å². The van der Waals surface area contributed by atoms with Gasteiger partial charge in [-0.3, -0.25) is 4.79 Å². The molecule has 0 aliphatic heterocycles. The highest BCUT2D eigenvalue weighted by Gasteiger charge is 2.26. The molecule has 0 rings (SSSR count). The maximum Gasteiger partial charge on any atom is 0.239 e. The smallest absolute Gasteiger partial charge is 0.239 e. The molecule has 0 saturated carbocycles. The van der Waals surface area contributed by atoms with Crippen LogP contribution in [-0.2, 0) is 4.79 Å². The van der Waals surface area contributed by atoms with Crippen LogP contribution in [0.25, 0.3) is 0 Å². The molecule has 0 aromatic rings. The normalized spacial score (nSPS) is 13.4.